The zero-order chi connectivity index (χ0) is 10.7. The van der Waals surface area contributed by atoms with E-state index in [1.54, 1.807) is 18.3 Å². The summed E-state index contributed by atoms with van der Waals surface area (Å²) < 4.78 is 6.57. The average Bonchev–Trinajstić information content (AvgIpc) is 2.17. The molecule has 0 amide bonds. The number of pyridine rings is 1. The smallest absolute Gasteiger partial charge is 0.219 e. The van der Waals surface area contributed by atoms with Crippen molar-refractivity contribution >= 4 is 34.2 Å². The minimum absolute atomic E-state index is 0.565. The highest BCUT2D eigenvalue weighted by Crippen LogP contribution is 2.25. The molecule has 0 atom stereocenters. The van der Waals surface area contributed by atoms with Gasteiger partial charge in [-0.05, 0) is 46.9 Å². The quantitative estimate of drug-likeness (QED) is 0.772. The maximum atomic E-state index is 5.91. The van der Waals surface area contributed by atoms with Gasteiger partial charge >= 0.3 is 0 Å². The summed E-state index contributed by atoms with van der Waals surface area (Å²) in [7, 11) is 0. The second-order valence-corrected chi connectivity index (χ2v) is 4.56. The SMILES string of the molecule is Clc1cc(I)cc(Oc2ccccn2)c1. The van der Waals surface area contributed by atoms with Gasteiger partial charge in [0.15, 0.2) is 0 Å². The molecule has 0 bridgehead atoms. The number of aromatic nitrogens is 1. The molecule has 0 spiro atoms. The van der Waals surface area contributed by atoms with Gasteiger partial charge < -0.3 is 4.74 Å². The maximum Gasteiger partial charge on any atom is 0.219 e. The highest BCUT2D eigenvalue weighted by atomic mass is 127. The molecular weight excluding hydrogens is 324 g/mol. The molecule has 0 aliphatic rings. The Labute approximate surface area is 106 Å². The van der Waals surface area contributed by atoms with Gasteiger partial charge in [-0.2, -0.15) is 0 Å². The van der Waals surface area contributed by atoms with Crippen molar-refractivity contribution in [2.75, 3.05) is 0 Å². The first-order valence-corrected chi connectivity index (χ1v) is 5.75. The van der Waals surface area contributed by atoms with Crippen molar-refractivity contribution in [1.82, 2.24) is 4.98 Å². The molecule has 1 heterocycles. The Morgan fingerprint density at radius 3 is 2.73 bits per heavy atom. The van der Waals surface area contributed by atoms with Crippen LogP contribution in [0.15, 0.2) is 42.6 Å². The number of hydrogen-bond donors (Lipinski definition) is 0. The van der Waals surface area contributed by atoms with Gasteiger partial charge in [-0.25, -0.2) is 4.98 Å². The topological polar surface area (TPSA) is 22.1 Å². The van der Waals surface area contributed by atoms with Crippen LogP contribution in [0, 0.1) is 3.57 Å². The van der Waals surface area contributed by atoms with Crippen molar-refractivity contribution in [3.05, 3.63) is 51.2 Å². The van der Waals surface area contributed by atoms with E-state index in [1.807, 2.05) is 24.3 Å². The van der Waals surface area contributed by atoms with E-state index in [0.717, 1.165) is 3.57 Å². The fraction of sp³-hybridized carbons (Fsp3) is 0. The highest BCUT2D eigenvalue weighted by Gasteiger charge is 2.00. The van der Waals surface area contributed by atoms with Gasteiger partial charge in [-0.15, -0.1) is 0 Å². The first-order valence-electron chi connectivity index (χ1n) is 4.29. The van der Waals surface area contributed by atoms with Crippen LogP contribution in [0.5, 0.6) is 11.6 Å². The van der Waals surface area contributed by atoms with E-state index in [2.05, 4.69) is 27.6 Å². The fourth-order valence-corrected chi connectivity index (χ4v) is 2.17. The largest absolute Gasteiger partial charge is 0.439 e. The van der Waals surface area contributed by atoms with Crippen LogP contribution in [-0.2, 0) is 0 Å². The number of hydrogen-bond acceptors (Lipinski definition) is 2. The summed E-state index contributed by atoms with van der Waals surface area (Å²) >= 11 is 8.10. The summed E-state index contributed by atoms with van der Waals surface area (Å²) in [6.45, 7) is 0. The molecule has 0 radical (unpaired) electrons. The van der Waals surface area contributed by atoms with Crippen molar-refractivity contribution in [3.8, 4) is 11.6 Å². The number of halogens is 2. The zero-order valence-corrected chi connectivity index (χ0v) is 10.6. The minimum Gasteiger partial charge on any atom is -0.439 e. The molecule has 2 rings (SSSR count). The molecule has 0 saturated heterocycles. The molecule has 1 aromatic heterocycles. The van der Waals surface area contributed by atoms with Crippen LogP contribution in [-0.4, -0.2) is 4.98 Å². The van der Waals surface area contributed by atoms with E-state index in [-0.39, 0.29) is 0 Å². The Morgan fingerprint density at radius 1 is 1.20 bits per heavy atom. The van der Waals surface area contributed by atoms with Crippen molar-refractivity contribution in [1.29, 1.82) is 0 Å². The predicted octanol–water partition coefficient (Wildman–Crippen LogP) is 4.13. The normalized spacial score (nSPS) is 10.0. The molecule has 0 aliphatic heterocycles. The molecule has 2 aromatic rings. The van der Waals surface area contributed by atoms with Crippen LogP contribution in [0.1, 0.15) is 0 Å². The molecule has 4 heteroatoms. The van der Waals surface area contributed by atoms with E-state index in [1.165, 1.54) is 0 Å². The third kappa shape index (κ3) is 3.07. The van der Waals surface area contributed by atoms with E-state index in [0.29, 0.717) is 16.7 Å². The molecule has 0 aliphatic carbocycles. The van der Waals surface area contributed by atoms with Crippen molar-refractivity contribution in [2.24, 2.45) is 0 Å². The van der Waals surface area contributed by atoms with Gasteiger partial charge in [0.2, 0.25) is 5.88 Å². The van der Waals surface area contributed by atoms with Crippen LogP contribution < -0.4 is 4.74 Å². The lowest BCUT2D eigenvalue weighted by molar-refractivity contribution is 0.462. The summed E-state index contributed by atoms with van der Waals surface area (Å²) in [5.74, 6) is 1.26. The van der Waals surface area contributed by atoms with Crippen molar-refractivity contribution in [2.45, 2.75) is 0 Å². The molecule has 76 valence electrons. The summed E-state index contributed by atoms with van der Waals surface area (Å²) in [5.41, 5.74) is 0. The maximum absolute atomic E-state index is 5.91. The number of nitrogens with zero attached hydrogens (tertiary/aromatic N) is 1. The zero-order valence-electron chi connectivity index (χ0n) is 7.65. The molecule has 0 saturated carbocycles. The lowest BCUT2D eigenvalue weighted by atomic mass is 10.3. The lowest BCUT2D eigenvalue weighted by Crippen LogP contribution is -1.87. The van der Waals surface area contributed by atoms with Gasteiger partial charge in [0, 0.05) is 20.9 Å². The number of ether oxygens (including phenoxy) is 1. The Balaban J connectivity index is 2.25. The van der Waals surface area contributed by atoms with Crippen molar-refractivity contribution in [3.63, 3.8) is 0 Å². The molecule has 15 heavy (non-hydrogen) atoms. The average molecular weight is 332 g/mol. The molecular formula is C11H7ClINO. The minimum atomic E-state index is 0.565. The van der Waals surface area contributed by atoms with Gasteiger partial charge in [0.05, 0.1) is 0 Å². The van der Waals surface area contributed by atoms with Gasteiger partial charge in [-0.3, -0.25) is 0 Å². The highest BCUT2D eigenvalue weighted by molar-refractivity contribution is 14.1. The monoisotopic (exact) mass is 331 g/mol. The molecule has 0 unspecified atom stereocenters. The van der Waals surface area contributed by atoms with Gasteiger partial charge in [0.1, 0.15) is 5.75 Å². The third-order valence-electron chi connectivity index (χ3n) is 1.70. The van der Waals surface area contributed by atoms with Crippen LogP contribution in [0.25, 0.3) is 0 Å². The van der Waals surface area contributed by atoms with E-state index in [9.17, 15) is 0 Å². The third-order valence-corrected chi connectivity index (χ3v) is 2.54. The summed E-state index contributed by atoms with van der Waals surface area (Å²) in [6, 6.07) is 11.0. The van der Waals surface area contributed by atoms with Crippen LogP contribution in [0.3, 0.4) is 0 Å². The first-order chi connectivity index (χ1) is 7.24. The first kappa shape index (κ1) is 10.7. The van der Waals surface area contributed by atoms with Crippen LogP contribution in [0.2, 0.25) is 5.02 Å². The summed E-state index contributed by atoms with van der Waals surface area (Å²) in [6.07, 6.45) is 1.69. The fourth-order valence-electron chi connectivity index (χ4n) is 1.12. The predicted molar refractivity (Wildman–Crippen MR) is 68.5 cm³/mol. The van der Waals surface area contributed by atoms with E-state index >= 15 is 0 Å². The second-order valence-electron chi connectivity index (χ2n) is 2.88. The molecule has 1 aromatic carbocycles. The Morgan fingerprint density at radius 2 is 2.07 bits per heavy atom. The standard InChI is InChI=1S/C11H7ClINO/c12-8-5-9(13)7-10(6-8)15-11-3-1-2-4-14-11/h1-7H. The lowest BCUT2D eigenvalue weighted by Gasteiger charge is -2.04. The Hall–Kier alpha value is -0.810. The summed E-state index contributed by atoms with van der Waals surface area (Å²) in [5, 5.41) is 0.660. The molecule has 0 N–H and O–H groups in total. The second kappa shape index (κ2) is 4.81. The number of benzene rings is 1. The molecule has 0 fully saturated rings. The van der Waals surface area contributed by atoms with Crippen LogP contribution in [0.4, 0.5) is 0 Å². The van der Waals surface area contributed by atoms with Crippen molar-refractivity contribution < 1.29 is 4.74 Å². The summed E-state index contributed by atoms with van der Waals surface area (Å²) in [4.78, 5) is 4.07. The van der Waals surface area contributed by atoms with E-state index in [4.69, 9.17) is 16.3 Å². The Kier molecular flexibility index (Phi) is 3.43. The van der Waals surface area contributed by atoms with E-state index < -0.39 is 0 Å². The van der Waals surface area contributed by atoms with Gasteiger partial charge in [0.25, 0.3) is 0 Å². The van der Waals surface area contributed by atoms with Gasteiger partial charge in [-0.1, -0.05) is 17.7 Å². The Bertz CT molecular complexity index is 441. The van der Waals surface area contributed by atoms with Crippen LogP contribution >= 0.6 is 34.2 Å². The number of rotatable bonds is 2. The molecule has 2 nitrogen and oxygen atoms in total.